The first-order chi connectivity index (χ1) is 21.8. The van der Waals surface area contributed by atoms with Crippen LogP contribution in [0, 0.1) is 0 Å². The van der Waals surface area contributed by atoms with Crippen molar-refractivity contribution < 1.29 is 29.0 Å². The lowest BCUT2D eigenvalue weighted by Crippen LogP contribution is -2.20. The van der Waals surface area contributed by atoms with Gasteiger partial charge in [-0.15, -0.1) is 0 Å². The summed E-state index contributed by atoms with van der Waals surface area (Å²) in [6, 6.07) is 17.2. The van der Waals surface area contributed by atoms with Crippen molar-refractivity contribution in [2.75, 3.05) is 24.9 Å². The standard InChI is InChI=1S/C23H20N2O6.C8H4.C6H4/c1-30-14-11-12-19(20(13-14)31-2)25-22(27)17-9-5-6-10-18(17)24-21(26)15-7-3-4-8-16(15)23(28)29;1-3-5-7-8-6-4-2;1-3-5-6-4-2/h3-13H,1-2H3,(H,24,26)(H,25,27)(H,28,29);1-2H2;1-2H2. The fourth-order valence-corrected chi connectivity index (χ4v) is 3.18. The Morgan fingerprint density at radius 3 is 1.58 bits per heavy atom. The molecule has 0 spiro atoms. The van der Waals surface area contributed by atoms with Gasteiger partial charge in [0.15, 0.2) is 0 Å². The number of rotatable bonds is 7. The lowest BCUT2D eigenvalue weighted by atomic mass is 10.1. The zero-order valence-electron chi connectivity index (χ0n) is 24.7. The second-order valence-corrected chi connectivity index (χ2v) is 7.83. The third-order valence-corrected chi connectivity index (χ3v) is 5.08. The maximum atomic E-state index is 12.9. The van der Waals surface area contributed by atoms with Gasteiger partial charge in [0.1, 0.15) is 11.5 Å². The van der Waals surface area contributed by atoms with Crippen LogP contribution < -0.4 is 20.1 Å². The highest BCUT2D eigenvalue weighted by Crippen LogP contribution is 2.30. The number of ether oxygens (including phenoxy) is 2. The van der Waals surface area contributed by atoms with Gasteiger partial charge in [0.05, 0.1) is 42.3 Å². The Labute approximate surface area is 261 Å². The maximum Gasteiger partial charge on any atom is 0.336 e. The number of hydrogen-bond acceptors (Lipinski definition) is 5. The molecule has 0 unspecified atom stereocenters. The number of amides is 2. The molecule has 8 heteroatoms. The van der Waals surface area contributed by atoms with E-state index in [1.807, 2.05) is 0 Å². The third kappa shape index (κ3) is 12.6. The maximum absolute atomic E-state index is 12.9. The Balaban J connectivity index is 0.000000602. The van der Waals surface area contributed by atoms with Gasteiger partial charge in [0.2, 0.25) is 0 Å². The number of anilines is 2. The summed E-state index contributed by atoms with van der Waals surface area (Å²) in [5, 5.41) is 14.7. The fourth-order valence-electron chi connectivity index (χ4n) is 3.18. The Morgan fingerprint density at radius 1 is 0.600 bits per heavy atom. The molecule has 0 saturated heterocycles. The molecular formula is C37H28N2O6. The summed E-state index contributed by atoms with van der Waals surface area (Å²) >= 11 is 0. The lowest BCUT2D eigenvalue weighted by Gasteiger charge is -2.14. The Hall–Kier alpha value is -7.05. The van der Waals surface area contributed by atoms with Crippen LogP contribution in [0.15, 0.2) is 150 Å². The van der Waals surface area contributed by atoms with E-state index >= 15 is 0 Å². The van der Waals surface area contributed by atoms with Crippen molar-refractivity contribution in [3.05, 3.63) is 167 Å². The van der Waals surface area contributed by atoms with E-state index in [9.17, 15) is 19.5 Å². The predicted molar refractivity (Wildman–Crippen MR) is 173 cm³/mol. The first kappa shape index (κ1) is 36.0. The predicted octanol–water partition coefficient (Wildman–Crippen LogP) is 7.06. The average molecular weight is 597 g/mol. The number of aromatic carboxylic acids is 1. The number of carbonyl (C=O) groups excluding carboxylic acids is 2. The summed E-state index contributed by atoms with van der Waals surface area (Å²) in [4.78, 5) is 37.0. The summed E-state index contributed by atoms with van der Waals surface area (Å²) in [5.74, 6) is -1.36. The summed E-state index contributed by atoms with van der Waals surface area (Å²) < 4.78 is 10.4. The third-order valence-electron chi connectivity index (χ3n) is 5.08. The first-order valence-electron chi connectivity index (χ1n) is 12.6. The van der Waals surface area contributed by atoms with Crippen LogP contribution in [0.3, 0.4) is 0 Å². The SMILES string of the molecule is C=C=C=C=C=C.C=C=C=C=C=C=C=C.COc1ccc(NC(=O)c2ccccc2NC(=O)c2ccccc2C(=O)O)c(OC)c1. The van der Waals surface area contributed by atoms with Gasteiger partial charge in [0.25, 0.3) is 11.8 Å². The molecule has 0 aromatic heterocycles. The van der Waals surface area contributed by atoms with Crippen LogP contribution >= 0.6 is 0 Å². The van der Waals surface area contributed by atoms with Gasteiger partial charge in [-0.05, 0) is 97.1 Å². The number of carboxylic acids is 1. The minimum absolute atomic E-state index is 0.0120. The monoisotopic (exact) mass is 596 g/mol. The largest absolute Gasteiger partial charge is 0.497 e. The second-order valence-electron chi connectivity index (χ2n) is 7.83. The Morgan fingerprint density at radius 2 is 1.07 bits per heavy atom. The van der Waals surface area contributed by atoms with E-state index in [0.717, 1.165) is 0 Å². The highest BCUT2D eigenvalue weighted by molar-refractivity contribution is 6.15. The van der Waals surface area contributed by atoms with Crippen LogP contribution in [0.25, 0.3) is 0 Å². The number of carbonyl (C=O) groups is 3. The van der Waals surface area contributed by atoms with E-state index in [-0.39, 0.29) is 22.4 Å². The molecule has 3 rings (SSSR count). The minimum Gasteiger partial charge on any atom is -0.497 e. The van der Waals surface area contributed by atoms with E-state index in [1.165, 1.54) is 32.4 Å². The van der Waals surface area contributed by atoms with Crippen molar-refractivity contribution in [2.45, 2.75) is 0 Å². The van der Waals surface area contributed by atoms with Gasteiger partial charge >= 0.3 is 5.97 Å². The molecule has 0 aliphatic heterocycles. The summed E-state index contributed by atoms with van der Waals surface area (Å²) in [5.41, 5.74) is 24.7. The topological polar surface area (TPSA) is 114 Å². The molecule has 0 heterocycles. The summed E-state index contributed by atoms with van der Waals surface area (Å²) in [6.45, 7) is 13.0. The number of methoxy groups -OCH3 is 2. The van der Waals surface area contributed by atoms with Crippen molar-refractivity contribution in [1.82, 2.24) is 0 Å². The number of para-hydroxylation sites is 1. The molecule has 0 aliphatic rings. The molecule has 3 N–H and O–H groups in total. The van der Waals surface area contributed by atoms with Crippen molar-refractivity contribution in [3.8, 4) is 11.5 Å². The Kier molecular flexibility index (Phi) is 16.6. The van der Waals surface area contributed by atoms with E-state index in [4.69, 9.17) is 9.47 Å². The summed E-state index contributed by atoms with van der Waals surface area (Å²) in [6.07, 6.45) is 0. The molecule has 0 saturated carbocycles. The first-order valence-corrected chi connectivity index (χ1v) is 12.6. The summed E-state index contributed by atoms with van der Waals surface area (Å²) in [7, 11) is 2.99. The second kappa shape index (κ2) is 20.8. The zero-order chi connectivity index (χ0) is 33.5. The van der Waals surface area contributed by atoms with E-state index in [2.05, 4.69) is 94.3 Å². The minimum atomic E-state index is -1.22. The van der Waals surface area contributed by atoms with Gasteiger partial charge in [-0.25, -0.2) is 4.79 Å². The number of carboxylic acid groups (broad SMARTS) is 1. The molecular weight excluding hydrogens is 568 g/mol. The molecule has 3 aromatic rings. The molecule has 0 atom stereocenters. The number of hydrogen-bond donors (Lipinski definition) is 3. The van der Waals surface area contributed by atoms with Gasteiger partial charge in [0, 0.05) is 6.07 Å². The molecule has 3 aromatic carbocycles. The van der Waals surface area contributed by atoms with Crippen LogP contribution in [0.2, 0.25) is 0 Å². The zero-order valence-corrected chi connectivity index (χ0v) is 24.7. The smallest absolute Gasteiger partial charge is 0.336 e. The van der Waals surface area contributed by atoms with E-state index in [1.54, 1.807) is 48.5 Å². The highest BCUT2D eigenvalue weighted by Gasteiger charge is 2.19. The van der Waals surface area contributed by atoms with Crippen molar-refractivity contribution >= 4 is 29.2 Å². The fraction of sp³-hybridized carbons (Fsp3) is 0.0541. The highest BCUT2D eigenvalue weighted by atomic mass is 16.5. The van der Waals surface area contributed by atoms with Gasteiger partial charge < -0.3 is 25.2 Å². The molecule has 0 radical (unpaired) electrons. The molecule has 2 amide bonds. The van der Waals surface area contributed by atoms with Crippen LogP contribution in [0.4, 0.5) is 11.4 Å². The molecule has 0 fully saturated rings. The molecule has 8 nitrogen and oxygen atoms in total. The lowest BCUT2D eigenvalue weighted by molar-refractivity contribution is 0.0692. The average Bonchev–Trinajstić information content (AvgIpc) is 3.06. The van der Waals surface area contributed by atoms with Crippen LogP contribution in [-0.2, 0) is 0 Å². The van der Waals surface area contributed by atoms with Crippen LogP contribution in [0.5, 0.6) is 11.5 Å². The quantitative estimate of drug-likeness (QED) is 0.252. The molecule has 0 aliphatic carbocycles. The number of benzene rings is 3. The number of nitrogens with one attached hydrogen (secondary N) is 2. The van der Waals surface area contributed by atoms with Crippen molar-refractivity contribution in [3.63, 3.8) is 0 Å². The van der Waals surface area contributed by atoms with Crippen LogP contribution in [-0.4, -0.2) is 37.1 Å². The van der Waals surface area contributed by atoms with Gasteiger partial charge in [-0.2, -0.15) is 0 Å². The van der Waals surface area contributed by atoms with Gasteiger partial charge in [-0.1, -0.05) is 47.2 Å². The Bertz CT molecular complexity index is 1880. The van der Waals surface area contributed by atoms with E-state index in [0.29, 0.717) is 17.2 Å². The van der Waals surface area contributed by atoms with Crippen molar-refractivity contribution in [2.24, 2.45) is 0 Å². The molecule has 45 heavy (non-hydrogen) atoms. The van der Waals surface area contributed by atoms with Gasteiger partial charge in [-0.3, -0.25) is 9.59 Å². The molecule has 222 valence electrons. The molecule has 0 bridgehead atoms. The van der Waals surface area contributed by atoms with Crippen LogP contribution in [0.1, 0.15) is 31.1 Å². The van der Waals surface area contributed by atoms with E-state index < -0.39 is 17.8 Å². The van der Waals surface area contributed by atoms with Crippen molar-refractivity contribution in [1.29, 1.82) is 0 Å². The normalized spacial score (nSPS) is 8.04.